The van der Waals surface area contributed by atoms with Gasteiger partial charge in [-0.1, -0.05) is 48.5 Å². The number of hydrogen-bond donors (Lipinski definition) is 2. The normalized spacial score (nSPS) is 23.5. The van der Waals surface area contributed by atoms with E-state index >= 15 is 0 Å². The molecule has 2 unspecified atom stereocenters. The molecule has 2 atom stereocenters. The first-order chi connectivity index (χ1) is 13.2. The predicted molar refractivity (Wildman–Crippen MR) is 98.0 cm³/mol. The lowest BCUT2D eigenvalue weighted by atomic mass is 9.72. The molecule has 2 amide bonds. The summed E-state index contributed by atoms with van der Waals surface area (Å²) in [6.45, 7) is 0.465. The van der Waals surface area contributed by atoms with Crippen LogP contribution >= 0.6 is 0 Å². The fourth-order valence-corrected chi connectivity index (χ4v) is 4.46. The summed E-state index contributed by atoms with van der Waals surface area (Å²) in [5.41, 5.74) is 2.13. The number of hydrogen-bond acceptors (Lipinski definition) is 4. The Hall–Kier alpha value is -3.48. The van der Waals surface area contributed by atoms with Crippen molar-refractivity contribution < 1.29 is 9.59 Å². The molecule has 7 nitrogen and oxygen atoms in total. The highest BCUT2D eigenvalue weighted by Crippen LogP contribution is 2.54. The van der Waals surface area contributed by atoms with Gasteiger partial charge in [-0.25, -0.2) is 0 Å². The minimum Gasteiger partial charge on any atom is -0.329 e. The fraction of sp³-hybridized carbons (Fsp3) is 0.200. The standard InChI is InChI=1S/C20H17N5O2/c26-18(16-12-21-24-23-16)25-11-10-20(17(25)13-6-2-1-3-7-13)14-8-4-5-9-15(14)22-19(20)27/h1-9,12,17H,10-11H2,(H,22,27)(H,21,23,24). The zero-order valence-corrected chi connectivity index (χ0v) is 14.4. The summed E-state index contributed by atoms with van der Waals surface area (Å²) < 4.78 is 0. The largest absolute Gasteiger partial charge is 0.329 e. The maximum Gasteiger partial charge on any atom is 0.276 e. The van der Waals surface area contributed by atoms with Crippen molar-refractivity contribution >= 4 is 17.5 Å². The molecule has 5 rings (SSSR count). The summed E-state index contributed by atoms with van der Waals surface area (Å²) in [5, 5.41) is 13.2. The zero-order chi connectivity index (χ0) is 18.4. The van der Waals surface area contributed by atoms with Gasteiger partial charge in [-0.05, 0) is 23.6 Å². The molecule has 3 aromatic rings. The van der Waals surface area contributed by atoms with Gasteiger partial charge in [-0.3, -0.25) is 9.59 Å². The van der Waals surface area contributed by atoms with Crippen LogP contribution in [-0.2, 0) is 10.2 Å². The van der Waals surface area contributed by atoms with Crippen LogP contribution in [0, 0.1) is 0 Å². The second-order valence-electron chi connectivity index (χ2n) is 6.89. The van der Waals surface area contributed by atoms with E-state index in [-0.39, 0.29) is 17.5 Å². The van der Waals surface area contributed by atoms with Gasteiger partial charge in [0, 0.05) is 12.2 Å². The van der Waals surface area contributed by atoms with Crippen molar-refractivity contribution in [1.29, 1.82) is 0 Å². The SMILES string of the molecule is O=C(c1cn[nH]n1)N1CCC2(C(=O)Nc3ccccc32)C1c1ccccc1. The first kappa shape index (κ1) is 15.7. The van der Waals surface area contributed by atoms with Crippen molar-refractivity contribution in [3.63, 3.8) is 0 Å². The average Bonchev–Trinajstić information content (AvgIpc) is 3.42. The molecule has 2 aliphatic heterocycles. The number of carbonyl (C=O) groups excluding carboxylic acids is 2. The quantitative estimate of drug-likeness (QED) is 0.734. The number of fused-ring (bicyclic) bond motifs is 2. The van der Waals surface area contributed by atoms with Crippen molar-refractivity contribution in [2.75, 3.05) is 11.9 Å². The number of carbonyl (C=O) groups is 2. The van der Waals surface area contributed by atoms with Crippen molar-refractivity contribution in [2.45, 2.75) is 17.9 Å². The lowest BCUT2D eigenvalue weighted by Crippen LogP contribution is -2.42. The number of likely N-dealkylation sites (tertiary alicyclic amines) is 1. The van der Waals surface area contributed by atoms with Gasteiger partial charge in [0.1, 0.15) is 5.41 Å². The maximum atomic E-state index is 13.2. The zero-order valence-electron chi connectivity index (χ0n) is 14.4. The number of nitrogens with one attached hydrogen (secondary N) is 2. The first-order valence-corrected chi connectivity index (χ1v) is 8.84. The average molecular weight is 359 g/mol. The molecule has 0 radical (unpaired) electrons. The van der Waals surface area contributed by atoms with Crippen LogP contribution in [0.5, 0.6) is 0 Å². The number of H-pyrrole nitrogens is 1. The number of anilines is 1. The van der Waals surface area contributed by atoms with E-state index in [0.29, 0.717) is 13.0 Å². The highest BCUT2D eigenvalue weighted by Gasteiger charge is 2.59. The summed E-state index contributed by atoms with van der Waals surface area (Å²) in [4.78, 5) is 28.1. The number of rotatable bonds is 2. The monoisotopic (exact) mass is 359 g/mol. The van der Waals surface area contributed by atoms with Gasteiger partial charge in [-0.15, -0.1) is 0 Å². The van der Waals surface area contributed by atoms with E-state index in [1.807, 2.05) is 54.6 Å². The summed E-state index contributed by atoms with van der Waals surface area (Å²) in [6, 6.07) is 17.0. The number of para-hydroxylation sites is 1. The van der Waals surface area contributed by atoms with Crippen LogP contribution in [-0.4, -0.2) is 38.7 Å². The van der Waals surface area contributed by atoms with Crippen molar-refractivity contribution in [2.24, 2.45) is 0 Å². The fourth-order valence-electron chi connectivity index (χ4n) is 4.46. The second kappa shape index (κ2) is 5.77. The van der Waals surface area contributed by atoms with E-state index in [1.165, 1.54) is 6.20 Å². The van der Waals surface area contributed by atoms with Gasteiger partial charge in [-0.2, -0.15) is 15.4 Å². The Morgan fingerprint density at radius 1 is 1.11 bits per heavy atom. The molecule has 1 aromatic heterocycles. The molecule has 2 aliphatic rings. The van der Waals surface area contributed by atoms with Crippen molar-refractivity contribution in [1.82, 2.24) is 20.3 Å². The van der Waals surface area contributed by atoms with Crippen LogP contribution in [0.15, 0.2) is 60.8 Å². The van der Waals surface area contributed by atoms with E-state index in [4.69, 9.17) is 0 Å². The van der Waals surface area contributed by atoms with E-state index in [2.05, 4.69) is 20.7 Å². The van der Waals surface area contributed by atoms with Gasteiger partial charge in [0.05, 0.1) is 12.2 Å². The molecule has 134 valence electrons. The number of nitrogens with zero attached hydrogens (tertiary/aromatic N) is 3. The van der Waals surface area contributed by atoms with Gasteiger partial charge in [0.25, 0.3) is 5.91 Å². The third-order valence-electron chi connectivity index (χ3n) is 5.60. The summed E-state index contributed by atoms with van der Waals surface area (Å²) in [6.07, 6.45) is 1.97. The lowest BCUT2D eigenvalue weighted by molar-refractivity contribution is -0.121. The predicted octanol–water partition coefficient (Wildman–Crippen LogP) is 2.28. The van der Waals surface area contributed by atoms with Crippen LogP contribution in [0.2, 0.25) is 0 Å². The van der Waals surface area contributed by atoms with Gasteiger partial charge < -0.3 is 10.2 Å². The number of aromatic amines is 1. The Labute approximate surface area is 155 Å². The molecule has 1 saturated heterocycles. The highest BCUT2D eigenvalue weighted by molar-refractivity contribution is 6.08. The molecular formula is C20H17N5O2. The van der Waals surface area contributed by atoms with Gasteiger partial charge >= 0.3 is 0 Å². The summed E-state index contributed by atoms with van der Waals surface area (Å²) >= 11 is 0. The molecule has 1 spiro atoms. The molecule has 2 N–H and O–H groups in total. The van der Waals surface area contributed by atoms with Crippen LogP contribution in [0.25, 0.3) is 0 Å². The minimum absolute atomic E-state index is 0.0620. The molecule has 0 saturated carbocycles. The van der Waals surface area contributed by atoms with Crippen molar-refractivity contribution in [3.8, 4) is 0 Å². The van der Waals surface area contributed by atoms with E-state index in [0.717, 1.165) is 16.8 Å². The van der Waals surface area contributed by atoms with Crippen LogP contribution < -0.4 is 5.32 Å². The Morgan fingerprint density at radius 2 is 1.89 bits per heavy atom. The van der Waals surface area contributed by atoms with E-state index in [9.17, 15) is 9.59 Å². The third kappa shape index (κ3) is 2.14. The molecule has 1 fully saturated rings. The number of aromatic nitrogens is 3. The number of amides is 2. The topological polar surface area (TPSA) is 91.0 Å². The molecule has 0 bridgehead atoms. The Morgan fingerprint density at radius 3 is 2.67 bits per heavy atom. The first-order valence-electron chi connectivity index (χ1n) is 8.84. The molecule has 7 heteroatoms. The van der Waals surface area contributed by atoms with Crippen molar-refractivity contribution in [3.05, 3.63) is 77.6 Å². The van der Waals surface area contributed by atoms with E-state index < -0.39 is 11.5 Å². The summed E-state index contributed by atoms with van der Waals surface area (Å²) in [5.74, 6) is -0.292. The van der Waals surface area contributed by atoms with Crippen LogP contribution in [0.4, 0.5) is 5.69 Å². The van der Waals surface area contributed by atoms with Gasteiger partial charge in [0.15, 0.2) is 5.69 Å². The Balaban J connectivity index is 1.69. The molecule has 27 heavy (non-hydrogen) atoms. The van der Waals surface area contributed by atoms with Gasteiger partial charge in [0.2, 0.25) is 5.91 Å². The molecule has 0 aliphatic carbocycles. The Kier molecular flexibility index (Phi) is 3.36. The minimum atomic E-state index is -0.808. The molecule has 3 heterocycles. The maximum absolute atomic E-state index is 13.2. The molecular weight excluding hydrogens is 342 g/mol. The summed E-state index contributed by atoms with van der Waals surface area (Å²) in [7, 11) is 0. The van der Waals surface area contributed by atoms with Crippen LogP contribution in [0.3, 0.4) is 0 Å². The number of benzene rings is 2. The molecule has 2 aromatic carbocycles. The highest BCUT2D eigenvalue weighted by atomic mass is 16.2. The van der Waals surface area contributed by atoms with E-state index in [1.54, 1.807) is 4.90 Å². The smallest absolute Gasteiger partial charge is 0.276 e. The lowest BCUT2D eigenvalue weighted by Gasteiger charge is -2.34. The second-order valence-corrected chi connectivity index (χ2v) is 6.89. The Bertz CT molecular complexity index is 1020. The third-order valence-corrected chi connectivity index (χ3v) is 5.60. The van der Waals surface area contributed by atoms with Crippen LogP contribution in [0.1, 0.15) is 34.1 Å².